The first-order chi connectivity index (χ1) is 19.4. The Morgan fingerprint density at radius 3 is 2.65 bits per heavy atom. The van der Waals surface area contributed by atoms with E-state index in [-0.39, 0.29) is 23.5 Å². The van der Waals surface area contributed by atoms with Crippen molar-refractivity contribution in [2.75, 3.05) is 33.9 Å². The van der Waals surface area contributed by atoms with Gasteiger partial charge in [0.2, 0.25) is 5.91 Å². The second-order valence-corrected chi connectivity index (χ2v) is 9.89. The number of rotatable bonds is 10. The first-order valence-electron chi connectivity index (χ1n) is 13.2. The highest BCUT2D eigenvalue weighted by molar-refractivity contribution is 6.30. The fraction of sp³-hybridized carbons (Fsp3) is 0.367. The third kappa shape index (κ3) is 6.66. The maximum atomic E-state index is 13.0. The van der Waals surface area contributed by atoms with Crippen molar-refractivity contribution >= 4 is 29.6 Å². The van der Waals surface area contributed by atoms with Gasteiger partial charge in [-0.05, 0) is 62.1 Å². The minimum Gasteiger partial charge on any atom is -0.493 e. The molecule has 4 rings (SSSR count). The van der Waals surface area contributed by atoms with Gasteiger partial charge in [-0.25, -0.2) is 0 Å². The summed E-state index contributed by atoms with van der Waals surface area (Å²) in [5, 5.41) is 11.9. The molecule has 0 spiro atoms. The van der Waals surface area contributed by atoms with Gasteiger partial charge in [0, 0.05) is 60.3 Å². The van der Waals surface area contributed by atoms with Gasteiger partial charge in [0.15, 0.2) is 11.5 Å². The summed E-state index contributed by atoms with van der Waals surface area (Å²) in [6, 6.07) is 10.6. The molecule has 0 bridgehead atoms. The first-order valence-corrected chi connectivity index (χ1v) is 13.6. The smallest absolute Gasteiger partial charge is 0.306 e. The van der Waals surface area contributed by atoms with Crippen molar-refractivity contribution in [1.82, 2.24) is 14.5 Å². The largest absolute Gasteiger partial charge is 0.493 e. The molecule has 0 aliphatic carbocycles. The van der Waals surface area contributed by atoms with Crippen LogP contribution in [0.15, 0.2) is 54.9 Å². The number of ether oxygens (including phenoxy) is 3. The molecule has 2 aromatic heterocycles. The van der Waals surface area contributed by atoms with Crippen LogP contribution in [0.1, 0.15) is 49.2 Å². The number of aromatic nitrogens is 2. The van der Waals surface area contributed by atoms with Crippen LogP contribution in [0.5, 0.6) is 11.5 Å². The van der Waals surface area contributed by atoms with Crippen LogP contribution in [0.25, 0.3) is 11.8 Å². The molecule has 1 atom stereocenters. The molecule has 0 radical (unpaired) electrons. The van der Waals surface area contributed by atoms with Gasteiger partial charge >= 0.3 is 5.97 Å². The van der Waals surface area contributed by atoms with E-state index in [1.165, 1.54) is 14.2 Å². The lowest BCUT2D eigenvalue weighted by atomic mass is 9.93. The molecule has 3 heterocycles. The molecule has 0 saturated carbocycles. The van der Waals surface area contributed by atoms with Crippen LogP contribution in [0.2, 0.25) is 5.02 Å². The van der Waals surface area contributed by atoms with Crippen molar-refractivity contribution in [3.05, 3.63) is 76.8 Å². The van der Waals surface area contributed by atoms with E-state index in [2.05, 4.69) is 4.98 Å². The molecule has 3 aromatic rings. The van der Waals surface area contributed by atoms with Crippen molar-refractivity contribution in [2.24, 2.45) is 5.92 Å². The van der Waals surface area contributed by atoms with Crippen molar-refractivity contribution in [3.63, 3.8) is 0 Å². The van der Waals surface area contributed by atoms with E-state index in [0.717, 1.165) is 18.5 Å². The second-order valence-electron chi connectivity index (χ2n) is 9.45. The Morgan fingerprint density at radius 1 is 1.18 bits per heavy atom. The lowest BCUT2D eigenvalue weighted by Gasteiger charge is -2.30. The van der Waals surface area contributed by atoms with Crippen LogP contribution in [-0.2, 0) is 14.3 Å². The number of esters is 1. The number of nitrogens with zero attached hydrogens (tertiary/aromatic N) is 3. The number of aliphatic hydroxyl groups excluding tert-OH is 1. The third-order valence-electron chi connectivity index (χ3n) is 6.99. The van der Waals surface area contributed by atoms with Crippen LogP contribution >= 0.6 is 11.6 Å². The normalized spacial score (nSPS) is 14.8. The minimum absolute atomic E-state index is 0.0935. The van der Waals surface area contributed by atoms with Gasteiger partial charge in [-0.2, -0.15) is 0 Å². The molecular formula is C30H34ClN3O6. The minimum atomic E-state index is -1.17. The maximum Gasteiger partial charge on any atom is 0.306 e. The van der Waals surface area contributed by atoms with Crippen LogP contribution in [0, 0.1) is 5.92 Å². The zero-order valence-corrected chi connectivity index (χ0v) is 23.6. The highest BCUT2D eigenvalue weighted by atomic mass is 35.5. The average molecular weight is 568 g/mol. The number of carbonyl (C=O) groups excluding carboxylic acids is 2. The fourth-order valence-corrected chi connectivity index (χ4v) is 5.12. The van der Waals surface area contributed by atoms with Gasteiger partial charge in [0.1, 0.15) is 11.8 Å². The Morgan fingerprint density at radius 2 is 1.95 bits per heavy atom. The van der Waals surface area contributed by atoms with Crippen molar-refractivity contribution in [3.8, 4) is 17.2 Å². The monoisotopic (exact) mass is 567 g/mol. The molecule has 1 aliphatic heterocycles. The van der Waals surface area contributed by atoms with Crippen LogP contribution < -0.4 is 9.47 Å². The summed E-state index contributed by atoms with van der Waals surface area (Å²) >= 11 is 6.34. The van der Waals surface area contributed by atoms with E-state index in [1.54, 1.807) is 54.4 Å². The molecule has 1 unspecified atom stereocenters. The first kappa shape index (κ1) is 29.2. The maximum absolute atomic E-state index is 13.0. The molecule has 1 saturated heterocycles. The average Bonchev–Trinajstić information content (AvgIpc) is 3.43. The molecule has 212 valence electrons. The summed E-state index contributed by atoms with van der Waals surface area (Å²) < 4.78 is 17.8. The Balaban J connectivity index is 1.53. The van der Waals surface area contributed by atoms with Gasteiger partial charge in [0.25, 0.3) is 0 Å². The lowest BCUT2D eigenvalue weighted by molar-refractivity contribution is -0.144. The van der Waals surface area contributed by atoms with E-state index in [9.17, 15) is 14.7 Å². The van der Waals surface area contributed by atoms with E-state index in [1.807, 2.05) is 22.9 Å². The van der Waals surface area contributed by atoms with E-state index >= 15 is 0 Å². The third-order valence-corrected chi connectivity index (χ3v) is 7.22. The van der Waals surface area contributed by atoms with Gasteiger partial charge < -0.3 is 28.8 Å². The zero-order chi connectivity index (χ0) is 28.6. The Bertz CT molecular complexity index is 1360. The summed E-state index contributed by atoms with van der Waals surface area (Å²) in [7, 11) is 3.01. The number of pyridine rings is 1. The van der Waals surface area contributed by atoms with Crippen LogP contribution in [0.4, 0.5) is 0 Å². The second kappa shape index (κ2) is 13.5. The molecule has 1 aliphatic rings. The fourth-order valence-electron chi connectivity index (χ4n) is 4.94. The standard InChI is InChI=1S/C30H34ClN3O6/c1-4-40-27(36)18-20-12-16-33(17-13-20)26(35)10-8-22-6-5-15-34(22)24-9-7-21(31)19-23(24)29(37)28-30(39-3)25(38-2)11-14-32-28/h5-11,14-15,19-20,29,37H,4,12-13,16-18H2,1-3H3/b10-8+. The SMILES string of the molecule is CCOC(=O)CC1CCN(C(=O)/C=C/c2cccn2-c2ccc(Cl)cc2C(O)c2nccc(OC)c2OC)CC1. The molecule has 1 aromatic carbocycles. The van der Waals surface area contributed by atoms with Gasteiger partial charge in [-0.3, -0.25) is 14.6 Å². The van der Waals surface area contributed by atoms with Crippen LogP contribution in [0.3, 0.4) is 0 Å². The van der Waals surface area contributed by atoms with Crippen molar-refractivity contribution in [1.29, 1.82) is 0 Å². The Hall–Kier alpha value is -3.82. The number of hydrogen-bond acceptors (Lipinski definition) is 7. The lowest BCUT2D eigenvalue weighted by Crippen LogP contribution is -2.38. The molecule has 9 nitrogen and oxygen atoms in total. The number of benzene rings is 1. The predicted molar refractivity (Wildman–Crippen MR) is 152 cm³/mol. The summed E-state index contributed by atoms with van der Waals surface area (Å²) in [5.74, 6) is 0.733. The summed E-state index contributed by atoms with van der Waals surface area (Å²) in [4.78, 5) is 30.9. The quantitative estimate of drug-likeness (QED) is 0.276. The number of piperidine rings is 1. The molecule has 1 N–H and O–H groups in total. The number of likely N-dealkylation sites (tertiary alicyclic amines) is 1. The van der Waals surface area contributed by atoms with Gasteiger partial charge in [-0.1, -0.05) is 11.6 Å². The number of halogens is 1. The number of aliphatic hydroxyl groups is 1. The molecular weight excluding hydrogens is 534 g/mol. The highest BCUT2D eigenvalue weighted by Crippen LogP contribution is 2.38. The topological polar surface area (TPSA) is 103 Å². The van der Waals surface area contributed by atoms with Crippen LogP contribution in [-0.4, -0.2) is 65.3 Å². The Kier molecular flexibility index (Phi) is 9.84. The molecule has 10 heteroatoms. The van der Waals surface area contributed by atoms with Gasteiger partial charge in [0.05, 0.1) is 26.5 Å². The number of carbonyl (C=O) groups is 2. The highest BCUT2D eigenvalue weighted by Gasteiger charge is 2.25. The number of hydrogen-bond donors (Lipinski definition) is 1. The number of amides is 1. The summed E-state index contributed by atoms with van der Waals surface area (Å²) in [6.07, 6.45) is 7.45. The number of methoxy groups -OCH3 is 2. The van der Waals surface area contributed by atoms with Crippen molar-refractivity contribution in [2.45, 2.75) is 32.3 Å². The molecule has 1 amide bonds. The van der Waals surface area contributed by atoms with E-state index < -0.39 is 6.10 Å². The van der Waals surface area contributed by atoms with E-state index in [0.29, 0.717) is 53.9 Å². The van der Waals surface area contributed by atoms with E-state index in [4.69, 9.17) is 25.8 Å². The zero-order valence-electron chi connectivity index (χ0n) is 22.9. The summed E-state index contributed by atoms with van der Waals surface area (Å²) in [5.41, 5.74) is 2.20. The molecule has 1 fully saturated rings. The summed E-state index contributed by atoms with van der Waals surface area (Å²) in [6.45, 7) is 3.37. The molecule has 40 heavy (non-hydrogen) atoms. The Labute approximate surface area is 238 Å². The van der Waals surface area contributed by atoms with Crippen molar-refractivity contribution < 1.29 is 28.9 Å². The van der Waals surface area contributed by atoms with Gasteiger partial charge in [-0.15, -0.1) is 0 Å². The predicted octanol–water partition coefficient (Wildman–Crippen LogP) is 4.83.